The van der Waals surface area contributed by atoms with Gasteiger partial charge < -0.3 is 15.7 Å². The summed E-state index contributed by atoms with van der Waals surface area (Å²) in [6.07, 6.45) is -0.887. The van der Waals surface area contributed by atoms with Crippen LogP contribution in [-0.2, 0) is 12.0 Å². The van der Waals surface area contributed by atoms with Crippen molar-refractivity contribution >= 4 is 11.7 Å². The van der Waals surface area contributed by atoms with Gasteiger partial charge in [0.1, 0.15) is 0 Å². The molecule has 0 bridgehead atoms. The molecule has 0 saturated heterocycles. The van der Waals surface area contributed by atoms with Crippen LogP contribution in [0.15, 0.2) is 48.5 Å². The number of nitro groups is 1. The van der Waals surface area contributed by atoms with Crippen LogP contribution in [0.2, 0.25) is 0 Å². The number of amides is 2. The SMILES string of the molecule is CC1(C)c2ccc([N+](=O)[O-])cc2[C@@H](NC(=O)NCc2ccccc2)[C@@H]1O. The average Bonchev–Trinajstić information content (AvgIpc) is 2.81. The number of hydrogen-bond acceptors (Lipinski definition) is 4. The Hall–Kier alpha value is -2.93. The van der Waals surface area contributed by atoms with Gasteiger partial charge >= 0.3 is 6.03 Å². The fourth-order valence-electron chi connectivity index (χ4n) is 3.38. The minimum absolute atomic E-state index is 0.0647. The lowest BCUT2D eigenvalue weighted by atomic mass is 9.84. The number of fused-ring (bicyclic) bond motifs is 1. The largest absolute Gasteiger partial charge is 0.390 e. The number of nitrogens with zero attached hydrogens (tertiary/aromatic N) is 1. The summed E-state index contributed by atoms with van der Waals surface area (Å²) in [7, 11) is 0. The first-order valence-electron chi connectivity index (χ1n) is 8.36. The summed E-state index contributed by atoms with van der Waals surface area (Å²) in [4.78, 5) is 22.9. The van der Waals surface area contributed by atoms with E-state index in [-0.39, 0.29) is 5.69 Å². The van der Waals surface area contributed by atoms with Crippen LogP contribution in [-0.4, -0.2) is 22.2 Å². The Bertz CT molecular complexity index is 836. The molecule has 7 heteroatoms. The fraction of sp³-hybridized carbons (Fsp3) is 0.316. The summed E-state index contributed by atoms with van der Waals surface area (Å²) in [5, 5.41) is 27.3. The highest BCUT2D eigenvalue weighted by molar-refractivity contribution is 5.75. The number of rotatable bonds is 4. The summed E-state index contributed by atoms with van der Waals surface area (Å²) in [6.45, 7) is 4.05. The van der Waals surface area contributed by atoms with Crippen LogP contribution in [0.1, 0.15) is 36.6 Å². The Morgan fingerprint density at radius 2 is 1.92 bits per heavy atom. The van der Waals surface area contributed by atoms with Crippen molar-refractivity contribution in [2.75, 3.05) is 0 Å². The zero-order chi connectivity index (χ0) is 18.9. The normalized spacial score (nSPS) is 20.3. The molecular weight excluding hydrogens is 334 g/mol. The molecule has 2 atom stereocenters. The van der Waals surface area contributed by atoms with Gasteiger partial charge in [-0.15, -0.1) is 0 Å². The summed E-state index contributed by atoms with van der Waals surface area (Å²) in [5.74, 6) is 0. The number of hydrogen-bond donors (Lipinski definition) is 3. The smallest absolute Gasteiger partial charge is 0.315 e. The number of aliphatic hydroxyl groups excluding tert-OH is 1. The van der Waals surface area contributed by atoms with Crippen LogP contribution >= 0.6 is 0 Å². The molecule has 26 heavy (non-hydrogen) atoms. The van der Waals surface area contributed by atoms with Crippen molar-refractivity contribution in [2.24, 2.45) is 0 Å². The number of aliphatic hydroxyl groups is 1. The summed E-state index contributed by atoms with van der Waals surface area (Å²) in [6, 6.07) is 12.8. The lowest BCUT2D eigenvalue weighted by molar-refractivity contribution is -0.384. The lowest BCUT2D eigenvalue weighted by Gasteiger charge is -2.27. The van der Waals surface area contributed by atoms with Crippen molar-refractivity contribution in [2.45, 2.75) is 38.0 Å². The minimum Gasteiger partial charge on any atom is -0.390 e. The fourth-order valence-corrected chi connectivity index (χ4v) is 3.38. The van der Waals surface area contributed by atoms with E-state index in [0.717, 1.165) is 11.1 Å². The van der Waals surface area contributed by atoms with Gasteiger partial charge in [0.15, 0.2) is 0 Å². The first kappa shape index (κ1) is 17.9. The maximum atomic E-state index is 12.3. The quantitative estimate of drug-likeness (QED) is 0.579. The van der Waals surface area contributed by atoms with Crippen LogP contribution < -0.4 is 10.6 Å². The van der Waals surface area contributed by atoms with Crippen molar-refractivity contribution in [3.63, 3.8) is 0 Å². The Labute approximate surface area is 151 Å². The number of carbonyl (C=O) groups excluding carboxylic acids is 1. The Morgan fingerprint density at radius 3 is 2.58 bits per heavy atom. The van der Waals surface area contributed by atoms with Gasteiger partial charge in [-0.1, -0.05) is 50.2 Å². The van der Waals surface area contributed by atoms with Gasteiger partial charge in [0, 0.05) is 24.1 Å². The molecule has 0 saturated carbocycles. The highest BCUT2D eigenvalue weighted by atomic mass is 16.6. The van der Waals surface area contributed by atoms with Crippen LogP contribution in [0.25, 0.3) is 0 Å². The van der Waals surface area contributed by atoms with Crippen molar-refractivity contribution in [3.8, 4) is 0 Å². The number of nitro benzene ring substituents is 1. The Kier molecular flexibility index (Phi) is 4.65. The van der Waals surface area contributed by atoms with E-state index in [2.05, 4.69) is 10.6 Å². The zero-order valence-corrected chi connectivity index (χ0v) is 14.6. The molecule has 3 rings (SSSR count). The molecule has 1 aliphatic rings. The summed E-state index contributed by atoms with van der Waals surface area (Å²) in [5.41, 5.74) is 1.63. The molecule has 0 aromatic heterocycles. The first-order valence-corrected chi connectivity index (χ1v) is 8.36. The van der Waals surface area contributed by atoms with Crippen LogP contribution in [0, 0.1) is 10.1 Å². The van der Waals surface area contributed by atoms with Gasteiger partial charge in [-0.05, 0) is 16.7 Å². The average molecular weight is 355 g/mol. The third-order valence-electron chi connectivity index (χ3n) is 4.91. The lowest BCUT2D eigenvalue weighted by Crippen LogP contribution is -2.43. The molecule has 2 aromatic rings. The number of benzene rings is 2. The molecular formula is C19H21N3O4. The van der Waals surface area contributed by atoms with Gasteiger partial charge in [-0.25, -0.2) is 4.79 Å². The standard InChI is InChI=1S/C19H21N3O4/c1-19(2)15-9-8-13(22(25)26)10-14(15)16(17(19)23)21-18(24)20-11-12-6-4-3-5-7-12/h3-10,16-17,23H,11H2,1-2H3,(H2,20,21,24)/t16-,17+/m1/s1. The molecule has 7 nitrogen and oxygen atoms in total. The Balaban J connectivity index is 1.78. The van der Waals surface area contributed by atoms with E-state index >= 15 is 0 Å². The zero-order valence-electron chi connectivity index (χ0n) is 14.6. The molecule has 2 aromatic carbocycles. The molecule has 2 amide bonds. The van der Waals surface area contributed by atoms with Crippen LogP contribution in [0.5, 0.6) is 0 Å². The van der Waals surface area contributed by atoms with E-state index in [0.29, 0.717) is 12.1 Å². The van der Waals surface area contributed by atoms with E-state index in [1.165, 1.54) is 12.1 Å². The number of nitrogens with one attached hydrogen (secondary N) is 2. The summed E-state index contributed by atoms with van der Waals surface area (Å²) < 4.78 is 0. The predicted octanol–water partition coefficient (Wildman–Crippen LogP) is 2.79. The van der Waals surface area contributed by atoms with Gasteiger partial charge in [0.25, 0.3) is 5.69 Å². The van der Waals surface area contributed by atoms with E-state index in [4.69, 9.17) is 0 Å². The second-order valence-electron chi connectivity index (χ2n) is 6.99. The maximum Gasteiger partial charge on any atom is 0.315 e. The Morgan fingerprint density at radius 1 is 1.23 bits per heavy atom. The van der Waals surface area contributed by atoms with E-state index < -0.39 is 28.5 Å². The molecule has 0 spiro atoms. The number of urea groups is 1. The van der Waals surface area contributed by atoms with Crippen LogP contribution in [0.3, 0.4) is 0 Å². The molecule has 0 heterocycles. The van der Waals surface area contributed by atoms with Crippen LogP contribution in [0.4, 0.5) is 10.5 Å². The van der Waals surface area contributed by atoms with Gasteiger partial charge in [0.05, 0.1) is 17.1 Å². The molecule has 0 aliphatic heterocycles. The molecule has 3 N–H and O–H groups in total. The molecule has 0 radical (unpaired) electrons. The number of non-ortho nitro benzene ring substituents is 1. The minimum atomic E-state index is -0.887. The monoisotopic (exact) mass is 355 g/mol. The van der Waals surface area contributed by atoms with E-state index in [9.17, 15) is 20.0 Å². The predicted molar refractivity (Wildman–Crippen MR) is 96.7 cm³/mol. The third-order valence-corrected chi connectivity index (χ3v) is 4.91. The molecule has 0 unspecified atom stereocenters. The highest BCUT2D eigenvalue weighted by Crippen LogP contribution is 2.45. The van der Waals surface area contributed by atoms with Gasteiger partial charge in [-0.2, -0.15) is 0 Å². The maximum absolute atomic E-state index is 12.3. The van der Waals surface area contributed by atoms with Gasteiger partial charge in [0.2, 0.25) is 0 Å². The second kappa shape index (κ2) is 6.76. The van der Waals surface area contributed by atoms with Crippen molar-refractivity contribution in [1.29, 1.82) is 0 Å². The molecule has 136 valence electrons. The molecule has 0 fully saturated rings. The van der Waals surface area contributed by atoms with Crippen molar-refractivity contribution in [3.05, 3.63) is 75.3 Å². The number of carbonyl (C=O) groups is 1. The third kappa shape index (κ3) is 3.25. The first-order chi connectivity index (χ1) is 12.3. The van der Waals surface area contributed by atoms with E-state index in [1.54, 1.807) is 6.07 Å². The topological polar surface area (TPSA) is 105 Å². The van der Waals surface area contributed by atoms with Crippen molar-refractivity contribution < 1.29 is 14.8 Å². The summed E-state index contributed by atoms with van der Waals surface area (Å²) >= 11 is 0. The van der Waals surface area contributed by atoms with Crippen molar-refractivity contribution in [1.82, 2.24) is 10.6 Å². The van der Waals surface area contributed by atoms with E-state index in [1.807, 2.05) is 44.2 Å². The highest BCUT2D eigenvalue weighted by Gasteiger charge is 2.46. The van der Waals surface area contributed by atoms with Gasteiger partial charge in [-0.3, -0.25) is 10.1 Å². The second-order valence-corrected chi connectivity index (χ2v) is 6.99. The molecule has 1 aliphatic carbocycles.